The lowest BCUT2D eigenvalue weighted by molar-refractivity contribution is -0.186. The highest BCUT2D eigenvalue weighted by Crippen LogP contribution is 2.24. The Bertz CT molecular complexity index is 459. The monoisotopic (exact) mass is 241 g/mol. The molecule has 2 nitrogen and oxygen atoms in total. The molecule has 0 saturated carbocycles. The predicted octanol–water partition coefficient (Wildman–Crippen LogP) is 0.392. The van der Waals surface area contributed by atoms with Crippen molar-refractivity contribution in [3.8, 4) is 0 Å². The first-order valence-electron chi connectivity index (χ1n) is 5.32. The lowest BCUT2D eigenvalue weighted by Crippen LogP contribution is -2.43. The Morgan fingerprint density at radius 2 is 2.00 bits per heavy atom. The minimum atomic E-state index is -4.78. The summed E-state index contributed by atoms with van der Waals surface area (Å²) in [5.74, 6) is -1.75. The molecule has 0 aromatic heterocycles. The van der Waals surface area contributed by atoms with Gasteiger partial charge in [-0.05, 0) is 17.5 Å². The minimum absolute atomic E-state index is 0.0509. The summed E-state index contributed by atoms with van der Waals surface area (Å²) >= 11 is 0. The Labute approximate surface area is 97.8 Å². The summed E-state index contributed by atoms with van der Waals surface area (Å²) in [6.45, 7) is 0.184. The summed E-state index contributed by atoms with van der Waals surface area (Å²) < 4.78 is 36.9. The molecular formula is C11H11BF3NO. The molecule has 0 aliphatic carbocycles. The van der Waals surface area contributed by atoms with Crippen LogP contribution in [0.4, 0.5) is 13.2 Å². The van der Waals surface area contributed by atoms with Crippen molar-refractivity contribution in [3.63, 3.8) is 0 Å². The molecule has 17 heavy (non-hydrogen) atoms. The van der Waals surface area contributed by atoms with Crippen LogP contribution in [0, 0.1) is 0 Å². The highest BCUT2D eigenvalue weighted by molar-refractivity contribution is 6.32. The number of benzene rings is 1. The summed E-state index contributed by atoms with van der Waals surface area (Å²) in [4.78, 5) is 12.0. The van der Waals surface area contributed by atoms with E-state index in [0.717, 1.165) is 21.5 Å². The van der Waals surface area contributed by atoms with Crippen molar-refractivity contribution in [1.82, 2.24) is 4.90 Å². The summed E-state index contributed by atoms with van der Waals surface area (Å²) in [5.41, 5.74) is 2.83. The van der Waals surface area contributed by atoms with E-state index in [0.29, 0.717) is 6.42 Å². The second kappa shape index (κ2) is 4.09. The molecule has 90 valence electrons. The fraction of sp³-hybridized carbons (Fsp3) is 0.364. The van der Waals surface area contributed by atoms with Gasteiger partial charge in [-0.15, -0.1) is 0 Å². The molecule has 2 rings (SSSR count). The van der Waals surface area contributed by atoms with Crippen LogP contribution >= 0.6 is 0 Å². The lowest BCUT2D eigenvalue weighted by atomic mass is 9.89. The second-order valence-electron chi connectivity index (χ2n) is 4.25. The average molecular weight is 241 g/mol. The first-order valence-corrected chi connectivity index (χ1v) is 5.32. The standard InChI is InChI=1S/C11H11BF3NO/c12-9-2-1-7-3-4-16(6-8(7)5-9)10(17)11(13,14)15/h1-2,5H,3-4,6,12H2. The molecule has 1 aromatic carbocycles. The molecule has 6 heteroatoms. The third kappa shape index (κ3) is 2.45. The summed E-state index contributed by atoms with van der Waals surface area (Å²) in [6, 6.07) is 5.69. The first kappa shape index (κ1) is 12.0. The van der Waals surface area contributed by atoms with Crippen molar-refractivity contribution in [3.05, 3.63) is 29.3 Å². The van der Waals surface area contributed by atoms with Gasteiger partial charge in [0.1, 0.15) is 7.85 Å². The molecule has 0 fully saturated rings. The fourth-order valence-corrected chi connectivity index (χ4v) is 2.04. The number of carbonyl (C=O) groups excluding carboxylic acids is 1. The van der Waals surface area contributed by atoms with Crippen LogP contribution in [0.1, 0.15) is 11.1 Å². The Kier molecular flexibility index (Phi) is 2.89. The fourth-order valence-electron chi connectivity index (χ4n) is 2.04. The molecule has 1 aliphatic heterocycles. The van der Waals surface area contributed by atoms with Gasteiger partial charge in [0.05, 0.1) is 0 Å². The number of alkyl halides is 3. The molecule has 1 amide bonds. The summed E-state index contributed by atoms with van der Waals surface area (Å²) in [5, 5.41) is 0. The van der Waals surface area contributed by atoms with Gasteiger partial charge in [-0.1, -0.05) is 23.7 Å². The zero-order valence-electron chi connectivity index (χ0n) is 9.34. The topological polar surface area (TPSA) is 20.3 Å². The van der Waals surface area contributed by atoms with E-state index in [9.17, 15) is 18.0 Å². The Morgan fingerprint density at radius 1 is 1.29 bits per heavy atom. The van der Waals surface area contributed by atoms with Gasteiger partial charge in [-0.3, -0.25) is 4.79 Å². The van der Waals surface area contributed by atoms with Crippen LogP contribution in [0.3, 0.4) is 0 Å². The van der Waals surface area contributed by atoms with Gasteiger partial charge in [0.15, 0.2) is 0 Å². The Hall–Kier alpha value is -1.46. The number of halogens is 3. The largest absolute Gasteiger partial charge is 0.471 e. The lowest BCUT2D eigenvalue weighted by Gasteiger charge is -2.29. The first-order chi connectivity index (χ1) is 7.88. The van der Waals surface area contributed by atoms with E-state index in [1.54, 1.807) is 0 Å². The molecule has 0 saturated heterocycles. The van der Waals surface area contributed by atoms with Crippen LogP contribution in [0.2, 0.25) is 0 Å². The number of amides is 1. The van der Waals surface area contributed by atoms with Crippen LogP contribution in [-0.2, 0) is 17.8 Å². The van der Waals surface area contributed by atoms with Gasteiger partial charge < -0.3 is 4.90 Å². The highest BCUT2D eigenvalue weighted by atomic mass is 19.4. The van der Waals surface area contributed by atoms with E-state index in [-0.39, 0.29) is 13.1 Å². The predicted molar refractivity (Wildman–Crippen MR) is 59.8 cm³/mol. The maximum Gasteiger partial charge on any atom is 0.471 e. The molecule has 0 atom stereocenters. The number of nitrogens with zero attached hydrogens (tertiary/aromatic N) is 1. The third-order valence-corrected chi connectivity index (χ3v) is 2.90. The average Bonchev–Trinajstić information content (AvgIpc) is 2.25. The maximum absolute atomic E-state index is 12.3. The summed E-state index contributed by atoms with van der Waals surface area (Å²) in [7, 11) is 1.88. The van der Waals surface area contributed by atoms with Crippen molar-refractivity contribution in [2.75, 3.05) is 6.54 Å². The quantitative estimate of drug-likeness (QED) is 0.602. The highest BCUT2D eigenvalue weighted by Gasteiger charge is 2.43. The van der Waals surface area contributed by atoms with Crippen molar-refractivity contribution in [1.29, 1.82) is 0 Å². The van der Waals surface area contributed by atoms with E-state index in [4.69, 9.17) is 0 Å². The smallest absolute Gasteiger partial charge is 0.330 e. The van der Waals surface area contributed by atoms with E-state index >= 15 is 0 Å². The van der Waals surface area contributed by atoms with E-state index in [1.165, 1.54) is 0 Å². The molecule has 0 N–H and O–H groups in total. The van der Waals surface area contributed by atoms with Gasteiger partial charge in [-0.25, -0.2) is 0 Å². The second-order valence-corrected chi connectivity index (χ2v) is 4.25. The molecule has 0 unspecified atom stereocenters. The van der Waals surface area contributed by atoms with Crippen molar-refractivity contribution >= 4 is 19.2 Å². The Morgan fingerprint density at radius 3 is 2.65 bits per heavy atom. The number of carbonyl (C=O) groups is 1. The number of hydrogen-bond donors (Lipinski definition) is 0. The third-order valence-electron chi connectivity index (χ3n) is 2.90. The number of rotatable bonds is 0. The van der Waals surface area contributed by atoms with Gasteiger partial charge in [0, 0.05) is 13.1 Å². The molecule has 1 aromatic rings. The molecule has 0 spiro atoms. The van der Waals surface area contributed by atoms with Gasteiger partial charge in [0.25, 0.3) is 0 Å². The number of fused-ring (bicyclic) bond motifs is 1. The van der Waals surface area contributed by atoms with Crippen molar-refractivity contribution in [2.45, 2.75) is 19.1 Å². The molecular weight excluding hydrogens is 230 g/mol. The van der Waals surface area contributed by atoms with Gasteiger partial charge >= 0.3 is 12.1 Å². The zero-order chi connectivity index (χ0) is 12.6. The van der Waals surface area contributed by atoms with Crippen LogP contribution < -0.4 is 5.46 Å². The molecule has 0 bridgehead atoms. The van der Waals surface area contributed by atoms with Crippen molar-refractivity contribution < 1.29 is 18.0 Å². The number of hydrogen-bond acceptors (Lipinski definition) is 1. The maximum atomic E-state index is 12.3. The van der Waals surface area contributed by atoms with E-state index in [2.05, 4.69) is 0 Å². The van der Waals surface area contributed by atoms with Gasteiger partial charge in [0.2, 0.25) is 0 Å². The minimum Gasteiger partial charge on any atom is -0.330 e. The SMILES string of the molecule is Bc1ccc2c(c1)CN(C(=O)C(F)(F)F)CC2. The van der Waals surface area contributed by atoms with Crippen LogP contribution in [0.25, 0.3) is 0 Å². The van der Waals surface area contributed by atoms with E-state index in [1.807, 2.05) is 26.0 Å². The van der Waals surface area contributed by atoms with Crippen LogP contribution in [0.15, 0.2) is 18.2 Å². The Balaban J connectivity index is 2.21. The normalized spacial score (nSPS) is 15.6. The van der Waals surface area contributed by atoms with E-state index < -0.39 is 12.1 Å². The van der Waals surface area contributed by atoms with Crippen molar-refractivity contribution in [2.24, 2.45) is 0 Å². The molecule has 1 aliphatic rings. The zero-order valence-corrected chi connectivity index (χ0v) is 9.34. The summed E-state index contributed by atoms with van der Waals surface area (Å²) in [6.07, 6.45) is -4.29. The van der Waals surface area contributed by atoms with Crippen LogP contribution in [0.5, 0.6) is 0 Å². The molecule has 1 heterocycles. The molecule has 0 radical (unpaired) electrons. The van der Waals surface area contributed by atoms with Crippen LogP contribution in [-0.4, -0.2) is 31.4 Å². The van der Waals surface area contributed by atoms with Gasteiger partial charge in [-0.2, -0.15) is 13.2 Å².